The zero-order valence-electron chi connectivity index (χ0n) is 25.8. The first kappa shape index (κ1) is 26.8. The SMILES string of the molecule is C1=C(c2nc(-c3ccc4ccccc4c3)nc(-c3ccc(-c4ccccc4)c4oc5ccccc5c34)n2)C=C2c3ccccc3OC2C1. The van der Waals surface area contributed by atoms with E-state index in [2.05, 4.69) is 109 Å². The van der Waals surface area contributed by atoms with E-state index in [9.17, 15) is 0 Å². The van der Waals surface area contributed by atoms with E-state index in [1.807, 2.05) is 36.4 Å². The third-order valence-electron chi connectivity index (χ3n) is 9.43. The van der Waals surface area contributed by atoms with Crippen LogP contribution in [0.4, 0.5) is 0 Å². The van der Waals surface area contributed by atoms with Gasteiger partial charge in [0.25, 0.3) is 0 Å². The third-order valence-corrected chi connectivity index (χ3v) is 9.43. The van der Waals surface area contributed by atoms with Gasteiger partial charge in [0.15, 0.2) is 17.5 Å². The summed E-state index contributed by atoms with van der Waals surface area (Å²) in [4.78, 5) is 15.5. The Balaban J connectivity index is 1.21. The number of benzene rings is 6. The molecule has 48 heavy (non-hydrogen) atoms. The van der Waals surface area contributed by atoms with Gasteiger partial charge in [0.2, 0.25) is 0 Å². The van der Waals surface area contributed by atoms with Crippen molar-refractivity contribution >= 4 is 43.9 Å². The van der Waals surface area contributed by atoms with Crippen LogP contribution in [-0.4, -0.2) is 21.1 Å². The van der Waals surface area contributed by atoms with Crippen molar-refractivity contribution < 1.29 is 9.15 Å². The highest BCUT2D eigenvalue weighted by Gasteiger charge is 2.31. The molecule has 0 radical (unpaired) electrons. The number of hydrogen-bond acceptors (Lipinski definition) is 5. The maximum atomic E-state index is 6.58. The number of hydrogen-bond donors (Lipinski definition) is 0. The van der Waals surface area contributed by atoms with Gasteiger partial charge in [0.1, 0.15) is 23.0 Å². The summed E-state index contributed by atoms with van der Waals surface area (Å²) in [7, 11) is 0. The van der Waals surface area contributed by atoms with Crippen LogP contribution in [0.5, 0.6) is 5.75 Å². The number of para-hydroxylation sites is 2. The molecule has 8 aromatic rings. The van der Waals surface area contributed by atoms with Crippen LogP contribution in [0.2, 0.25) is 0 Å². The molecular formula is C43H27N3O2. The number of ether oxygens (including phenoxy) is 1. The molecule has 0 N–H and O–H groups in total. The van der Waals surface area contributed by atoms with Crippen molar-refractivity contribution in [2.45, 2.75) is 12.5 Å². The second kappa shape index (κ2) is 10.6. The van der Waals surface area contributed by atoms with Crippen LogP contribution in [0.25, 0.3) is 77.8 Å². The Labute approximate surface area is 276 Å². The summed E-state index contributed by atoms with van der Waals surface area (Å²) < 4.78 is 12.9. The van der Waals surface area contributed by atoms with E-state index in [4.69, 9.17) is 24.1 Å². The molecule has 5 heteroatoms. The fraction of sp³-hybridized carbons (Fsp3) is 0.0465. The fourth-order valence-corrected chi connectivity index (χ4v) is 7.10. The zero-order valence-corrected chi connectivity index (χ0v) is 25.8. The minimum atomic E-state index is -0.00475. The average molecular weight is 618 g/mol. The molecule has 0 saturated heterocycles. The zero-order chi connectivity index (χ0) is 31.6. The van der Waals surface area contributed by atoms with E-state index in [-0.39, 0.29) is 6.10 Å². The highest BCUT2D eigenvalue weighted by atomic mass is 16.5. The molecule has 0 spiro atoms. The molecule has 0 amide bonds. The van der Waals surface area contributed by atoms with Crippen LogP contribution in [-0.2, 0) is 0 Å². The number of allylic oxidation sites excluding steroid dienone is 2. The summed E-state index contributed by atoms with van der Waals surface area (Å²) in [5.41, 5.74) is 8.84. The van der Waals surface area contributed by atoms with E-state index in [0.29, 0.717) is 17.5 Å². The Kier molecular flexibility index (Phi) is 5.93. The van der Waals surface area contributed by atoms with E-state index in [0.717, 1.165) is 78.5 Å². The van der Waals surface area contributed by atoms with E-state index in [1.165, 1.54) is 5.39 Å². The Morgan fingerprint density at radius 2 is 1.31 bits per heavy atom. The van der Waals surface area contributed by atoms with E-state index >= 15 is 0 Å². The third kappa shape index (κ3) is 4.28. The van der Waals surface area contributed by atoms with Crippen LogP contribution >= 0.6 is 0 Å². The number of aromatic nitrogens is 3. The standard InChI is InChI=1S/C43H27N3O2/c1-2-11-27(12-3-1)31-21-22-34(39-33-15-7-9-17-37(33)48-40(31)39)43-45-41(29-19-18-26-10-4-5-13-28(26)24-29)44-42(46-43)30-20-23-38-35(25-30)32-14-6-8-16-36(32)47-38/h1-22,24-25,38H,23H2. The monoisotopic (exact) mass is 617 g/mol. The molecule has 2 aromatic heterocycles. The first-order valence-electron chi connectivity index (χ1n) is 16.2. The summed E-state index contributed by atoms with van der Waals surface area (Å²) in [6.45, 7) is 0. The quantitative estimate of drug-likeness (QED) is 0.197. The largest absolute Gasteiger partial charge is 0.485 e. The van der Waals surface area contributed by atoms with Gasteiger partial charge in [0.05, 0.1) is 0 Å². The van der Waals surface area contributed by atoms with Gasteiger partial charge in [-0.2, -0.15) is 0 Å². The lowest BCUT2D eigenvalue weighted by Gasteiger charge is -2.17. The molecule has 226 valence electrons. The lowest BCUT2D eigenvalue weighted by Crippen LogP contribution is -2.14. The Bertz CT molecular complexity index is 2630. The minimum Gasteiger partial charge on any atom is -0.485 e. The van der Waals surface area contributed by atoms with Crippen molar-refractivity contribution in [2.75, 3.05) is 0 Å². The average Bonchev–Trinajstić information content (AvgIpc) is 3.73. The summed E-state index contributed by atoms with van der Waals surface area (Å²) in [5, 5.41) is 4.32. The maximum absolute atomic E-state index is 6.58. The Morgan fingerprint density at radius 1 is 0.562 bits per heavy atom. The maximum Gasteiger partial charge on any atom is 0.164 e. The number of furan rings is 1. The predicted molar refractivity (Wildman–Crippen MR) is 192 cm³/mol. The lowest BCUT2D eigenvalue weighted by atomic mass is 9.92. The highest BCUT2D eigenvalue weighted by Crippen LogP contribution is 2.44. The van der Waals surface area contributed by atoms with Crippen LogP contribution in [0.15, 0.2) is 150 Å². The first-order chi connectivity index (χ1) is 23.8. The molecule has 6 aromatic carbocycles. The number of rotatable bonds is 4. The van der Waals surface area contributed by atoms with Gasteiger partial charge in [-0.25, -0.2) is 15.0 Å². The summed E-state index contributed by atoms with van der Waals surface area (Å²) in [6, 6.07) is 45.8. The van der Waals surface area contributed by atoms with Crippen LogP contribution in [0, 0.1) is 0 Å². The fourth-order valence-electron chi connectivity index (χ4n) is 7.10. The normalized spacial score (nSPS) is 15.2. The van der Waals surface area contributed by atoms with Crippen molar-refractivity contribution in [2.24, 2.45) is 0 Å². The second-order valence-corrected chi connectivity index (χ2v) is 12.3. The Hall–Kier alpha value is -6.33. The molecular weight excluding hydrogens is 590 g/mol. The molecule has 2 aliphatic rings. The van der Waals surface area contributed by atoms with E-state index in [1.54, 1.807) is 0 Å². The summed E-state index contributed by atoms with van der Waals surface area (Å²) in [6.07, 6.45) is 5.11. The van der Waals surface area contributed by atoms with Gasteiger partial charge in [-0.3, -0.25) is 0 Å². The predicted octanol–water partition coefficient (Wildman–Crippen LogP) is 10.6. The molecule has 1 aliphatic heterocycles. The van der Waals surface area contributed by atoms with Crippen LogP contribution in [0.1, 0.15) is 17.8 Å². The van der Waals surface area contributed by atoms with Gasteiger partial charge < -0.3 is 9.15 Å². The van der Waals surface area contributed by atoms with Gasteiger partial charge in [-0.15, -0.1) is 0 Å². The van der Waals surface area contributed by atoms with Crippen LogP contribution < -0.4 is 4.74 Å². The van der Waals surface area contributed by atoms with Gasteiger partial charge in [-0.1, -0.05) is 109 Å². The highest BCUT2D eigenvalue weighted by molar-refractivity contribution is 6.15. The molecule has 0 bridgehead atoms. The number of nitrogens with zero attached hydrogens (tertiary/aromatic N) is 3. The smallest absolute Gasteiger partial charge is 0.164 e. The molecule has 1 aliphatic carbocycles. The molecule has 1 unspecified atom stereocenters. The summed E-state index contributed by atoms with van der Waals surface area (Å²) >= 11 is 0. The van der Waals surface area contributed by atoms with Crippen molar-refractivity contribution in [3.63, 3.8) is 0 Å². The molecule has 10 rings (SSSR count). The Morgan fingerprint density at radius 3 is 2.25 bits per heavy atom. The molecule has 3 heterocycles. The first-order valence-corrected chi connectivity index (χ1v) is 16.2. The van der Waals surface area contributed by atoms with Gasteiger partial charge in [-0.05, 0) is 52.7 Å². The number of fused-ring (bicyclic) bond motifs is 7. The topological polar surface area (TPSA) is 61.0 Å². The van der Waals surface area contributed by atoms with Crippen LogP contribution in [0.3, 0.4) is 0 Å². The second-order valence-electron chi connectivity index (χ2n) is 12.3. The van der Waals surface area contributed by atoms with E-state index < -0.39 is 0 Å². The lowest BCUT2D eigenvalue weighted by molar-refractivity contribution is 0.279. The van der Waals surface area contributed by atoms with Crippen molar-refractivity contribution in [1.29, 1.82) is 0 Å². The molecule has 0 fully saturated rings. The molecule has 1 atom stereocenters. The van der Waals surface area contributed by atoms with Crippen molar-refractivity contribution in [1.82, 2.24) is 15.0 Å². The molecule has 5 nitrogen and oxygen atoms in total. The minimum absolute atomic E-state index is 0.00475. The van der Waals surface area contributed by atoms with Gasteiger partial charge in [0, 0.05) is 50.6 Å². The molecule has 0 saturated carbocycles. The van der Waals surface area contributed by atoms with Gasteiger partial charge >= 0.3 is 0 Å². The van der Waals surface area contributed by atoms with Crippen molar-refractivity contribution in [3.8, 4) is 39.7 Å². The summed E-state index contributed by atoms with van der Waals surface area (Å²) in [5.74, 6) is 2.78. The van der Waals surface area contributed by atoms with Crippen molar-refractivity contribution in [3.05, 3.63) is 157 Å².